The molecule has 270 valence electrons. The fraction of sp³-hybridized carbons (Fsp3) is 0.533. The standard InChI is InChI=1S/C30H30F11N5O3/c31-23(32)14-49-26-18(22(47)3-1-2-15-4-7-17(8-5-15)29(36,37)38)11-21-25(45-26)46-27(44-21)43-20-10-16(6-9-19(20)30(39,40)41)13-42-24(48)12-28(33,34)35/h6,9-11,15,17,23H,1-5,7-8,12-14H2,(H,42,48)(H2,43,44,45,46). The molecule has 8 nitrogen and oxygen atoms in total. The molecular weight excluding hydrogens is 687 g/mol. The molecule has 0 unspecified atom stereocenters. The lowest BCUT2D eigenvalue weighted by atomic mass is 9.79. The minimum absolute atomic E-state index is 0.00219. The maximum Gasteiger partial charge on any atom is 0.418 e. The lowest BCUT2D eigenvalue weighted by molar-refractivity contribution is -0.184. The average Bonchev–Trinajstić information content (AvgIpc) is 3.38. The number of nitrogens with one attached hydrogen (secondary N) is 3. The van der Waals surface area contributed by atoms with Gasteiger partial charge in [-0.25, -0.2) is 8.78 Å². The van der Waals surface area contributed by atoms with E-state index in [2.05, 4.69) is 20.3 Å². The number of ketones is 1. The minimum atomic E-state index is -4.90. The highest BCUT2D eigenvalue weighted by atomic mass is 19.4. The van der Waals surface area contributed by atoms with Gasteiger partial charge in [0, 0.05) is 13.0 Å². The molecule has 1 saturated carbocycles. The summed E-state index contributed by atoms with van der Waals surface area (Å²) in [6.07, 6.45) is -17.3. The van der Waals surface area contributed by atoms with Crippen LogP contribution in [0.1, 0.15) is 72.9 Å². The number of imidazole rings is 1. The van der Waals surface area contributed by atoms with E-state index in [-0.39, 0.29) is 59.8 Å². The second-order valence-electron chi connectivity index (χ2n) is 11.6. The normalized spacial score (nSPS) is 17.4. The van der Waals surface area contributed by atoms with E-state index in [0.717, 1.165) is 12.1 Å². The smallest absolute Gasteiger partial charge is 0.418 e. The third kappa shape index (κ3) is 10.9. The largest absolute Gasteiger partial charge is 0.471 e. The van der Waals surface area contributed by atoms with Crippen LogP contribution in [-0.4, -0.2) is 52.0 Å². The SMILES string of the molecule is O=C(CC(F)(F)F)NCc1ccc(C(F)(F)F)c(Nc2nc3nc(OCC(F)F)c(C(=O)CCCC4CCC(C(F)(F)F)CC4)cc3[nH]2)c1. The van der Waals surface area contributed by atoms with Crippen LogP contribution in [0.3, 0.4) is 0 Å². The number of hydrogen-bond donors (Lipinski definition) is 3. The fourth-order valence-electron chi connectivity index (χ4n) is 5.53. The van der Waals surface area contributed by atoms with Crippen LogP contribution in [0.15, 0.2) is 24.3 Å². The number of halogens is 11. The molecule has 1 fully saturated rings. The third-order valence-corrected chi connectivity index (χ3v) is 7.90. The molecule has 0 spiro atoms. The maximum atomic E-state index is 13.8. The maximum absolute atomic E-state index is 13.8. The summed E-state index contributed by atoms with van der Waals surface area (Å²) in [6.45, 7) is -1.67. The summed E-state index contributed by atoms with van der Waals surface area (Å²) in [5.74, 6) is -4.19. The highest BCUT2D eigenvalue weighted by Gasteiger charge is 2.41. The summed E-state index contributed by atoms with van der Waals surface area (Å²) in [4.78, 5) is 35.3. The van der Waals surface area contributed by atoms with Crippen LogP contribution in [0.4, 0.5) is 59.9 Å². The Hall–Kier alpha value is -4.19. The molecule has 0 aliphatic heterocycles. The van der Waals surface area contributed by atoms with Crippen molar-refractivity contribution in [3.8, 4) is 5.88 Å². The van der Waals surface area contributed by atoms with E-state index in [4.69, 9.17) is 4.74 Å². The van der Waals surface area contributed by atoms with Gasteiger partial charge in [0.2, 0.25) is 17.7 Å². The number of rotatable bonds is 13. The summed E-state index contributed by atoms with van der Waals surface area (Å²) in [6, 6.07) is 3.71. The number of fused-ring (bicyclic) bond motifs is 1. The molecule has 0 bridgehead atoms. The number of anilines is 2. The van der Waals surface area contributed by atoms with Crippen LogP contribution in [0.2, 0.25) is 0 Å². The lowest BCUT2D eigenvalue weighted by Gasteiger charge is -2.29. The van der Waals surface area contributed by atoms with Gasteiger partial charge in [-0.1, -0.05) is 12.5 Å². The van der Waals surface area contributed by atoms with Crippen LogP contribution < -0.4 is 15.4 Å². The van der Waals surface area contributed by atoms with E-state index in [0.29, 0.717) is 25.3 Å². The summed E-state index contributed by atoms with van der Waals surface area (Å²) in [5.41, 5.74) is -2.25. The number of Topliss-reactive ketones (excluding diaryl/α,β-unsaturated/α-hetero) is 1. The Morgan fingerprint density at radius 2 is 1.65 bits per heavy atom. The number of nitrogens with zero attached hydrogens (tertiary/aromatic N) is 2. The van der Waals surface area contributed by atoms with Crippen molar-refractivity contribution in [3.63, 3.8) is 0 Å². The average molecular weight is 718 g/mol. The predicted octanol–water partition coefficient (Wildman–Crippen LogP) is 8.65. The fourth-order valence-corrected chi connectivity index (χ4v) is 5.53. The Morgan fingerprint density at radius 3 is 2.27 bits per heavy atom. The van der Waals surface area contributed by atoms with Crippen molar-refractivity contribution in [2.45, 2.75) is 82.9 Å². The number of carbonyl (C=O) groups is 2. The van der Waals surface area contributed by atoms with Gasteiger partial charge in [0.1, 0.15) is 6.42 Å². The van der Waals surface area contributed by atoms with Crippen molar-refractivity contribution in [2.75, 3.05) is 11.9 Å². The van der Waals surface area contributed by atoms with Gasteiger partial charge in [-0.2, -0.15) is 49.5 Å². The van der Waals surface area contributed by atoms with E-state index >= 15 is 0 Å². The Balaban J connectivity index is 1.51. The van der Waals surface area contributed by atoms with Gasteiger partial charge in [-0.3, -0.25) is 9.59 Å². The Kier molecular flexibility index (Phi) is 11.6. The zero-order chi connectivity index (χ0) is 36.1. The van der Waals surface area contributed by atoms with E-state index in [9.17, 15) is 57.9 Å². The second-order valence-corrected chi connectivity index (χ2v) is 11.6. The molecule has 1 aliphatic rings. The van der Waals surface area contributed by atoms with Crippen molar-refractivity contribution in [3.05, 3.63) is 41.0 Å². The molecule has 1 amide bonds. The highest BCUT2D eigenvalue weighted by Crippen LogP contribution is 2.41. The van der Waals surface area contributed by atoms with Gasteiger partial charge in [0.15, 0.2) is 18.0 Å². The molecule has 0 radical (unpaired) electrons. The number of hydrogen-bond acceptors (Lipinski definition) is 6. The molecule has 3 N–H and O–H groups in total. The topological polar surface area (TPSA) is 109 Å². The number of ether oxygens (including phenoxy) is 1. The van der Waals surface area contributed by atoms with Crippen LogP contribution in [0, 0.1) is 11.8 Å². The molecule has 49 heavy (non-hydrogen) atoms. The second kappa shape index (κ2) is 15.1. The van der Waals surface area contributed by atoms with E-state index in [1.807, 2.05) is 5.32 Å². The zero-order valence-electron chi connectivity index (χ0n) is 25.4. The van der Waals surface area contributed by atoms with Gasteiger partial charge >= 0.3 is 18.5 Å². The van der Waals surface area contributed by atoms with E-state index in [1.54, 1.807) is 0 Å². The molecule has 0 atom stereocenters. The molecule has 1 aromatic carbocycles. The first-order chi connectivity index (χ1) is 22.8. The van der Waals surface area contributed by atoms with Crippen LogP contribution in [-0.2, 0) is 17.5 Å². The summed E-state index contributed by atoms with van der Waals surface area (Å²) >= 11 is 0. The number of alkyl halides is 11. The molecule has 1 aliphatic carbocycles. The zero-order valence-corrected chi connectivity index (χ0v) is 25.4. The molecule has 19 heteroatoms. The monoisotopic (exact) mass is 717 g/mol. The highest BCUT2D eigenvalue weighted by molar-refractivity contribution is 6.00. The summed E-state index contributed by atoms with van der Waals surface area (Å²) < 4.78 is 148. The summed E-state index contributed by atoms with van der Waals surface area (Å²) in [5, 5.41) is 4.37. The number of carbonyl (C=O) groups excluding carboxylic acids is 2. The number of pyridine rings is 1. The first-order valence-electron chi connectivity index (χ1n) is 15.0. The number of benzene rings is 1. The van der Waals surface area contributed by atoms with Crippen LogP contribution >= 0.6 is 0 Å². The molecule has 3 aromatic rings. The van der Waals surface area contributed by atoms with Crippen molar-refractivity contribution in [2.24, 2.45) is 11.8 Å². The first kappa shape index (κ1) is 37.6. The lowest BCUT2D eigenvalue weighted by Crippen LogP contribution is -2.28. The van der Waals surface area contributed by atoms with Crippen molar-refractivity contribution < 1.29 is 62.6 Å². The summed E-state index contributed by atoms with van der Waals surface area (Å²) in [7, 11) is 0. The van der Waals surface area contributed by atoms with E-state index < -0.39 is 79.3 Å². The molecular formula is C30H30F11N5O3. The van der Waals surface area contributed by atoms with Crippen molar-refractivity contribution >= 4 is 34.5 Å². The number of H-pyrrole nitrogens is 1. The minimum Gasteiger partial charge on any atom is -0.471 e. The Labute approximate surface area is 271 Å². The molecule has 2 aromatic heterocycles. The molecule has 2 heterocycles. The van der Waals surface area contributed by atoms with Crippen molar-refractivity contribution in [1.82, 2.24) is 20.3 Å². The van der Waals surface area contributed by atoms with Crippen molar-refractivity contribution in [1.29, 1.82) is 0 Å². The number of aromatic nitrogens is 3. The van der Waals surface area contributed by atoms with Gasteiger partial charge in [-0.15, -0.1) is 0 Å². The quantitative estimate of drug-likeness (QED) is 0.121. The van der Waals surface area contributed by atoms with Gasteiger partial charge < -0.3 is 20.4 Å². The number of amides is 1. The molecule has 4 rings (SSSR count). The van der Waals surface area contributed by atoms with Gasteiger partial charge in [0.25, 0.3) is 6.43 Å². The Bertz CT molecular complexity index is 1610. The van der Waals surface area contributed by atoms with Crippen LogP contribution in [0.5, 0.6) is 5.88 Å². The van der Waals surface area contributed by atoms with Gasteiger partial charge in [0.05, 0.1) is 28.2 Å². The number of aromatic amines is 1. The molecule has 0 saturated heterocycles. The van der Waals surface area contributed by atoms with E-state index in [1.165, 1.54) is 6.07 Å². The Morgan fingerprint density at radius 1 is 0.959 bits per heavy atom. The van der Waals surface area contributed by atoms with Crippen LogP contribution in [0.25, 0.3) is 11.2 Å². The predicted molar refractivity (Wildman–Crippen MR) is 152 cm³/mol. The first-order valence-corrected chi connectivity index (χ1v) is 15.0. The van der Waals surface area contributed by atoms with Gasteiger partial charge in [-0.05, 0) is 61.8 Å². The third-order valence-electron chi connectivity index (χ3n) is 7.90.